The van der Waals surface area contributed by atoms with Gasteiger partial charge in [0.05, 0.1) is 6.61 Å². The van der Waals surface area contributed by atoms with E-state index in [0.717, 1.165) is 24.5 Å². The minimum Gasteiger partial charge on any atom is -0.395 e. The van der Waals surface area contributed by atoms with Crippen LogP contribution < -0.4 is 0 Å². The summed E-state index contributed by atoms with van der Waals surface area (Å²) in [6.45, 7) is 4.52. The molecule has 0 aromatic carbocycles. The average molecular weight is 250 g/mol. The quantitative estimate of drug-likeness (QED) is 0.727. The summed E-state index contributed by atoms with van der Waals surface area (Å²) in [5, 5.41) is 9.99. The molecular weight excluding hydrogens is 230 g/mol. The predicted molar refractivity (Wildman–Crippen MR) is 59.3 cm³/mol. The standard InChI is InChI=1S/C10H20BrNO/c1-9(7-11)8-12(5-6-13)10-3-2-4-10/h9-10,13H,2-8H2,1H3. The van der Waals surface area contributed by atoms with Gasteiger partial charge in [0.15, 0.2) is 0 Å². The van der Waals surface area contributed by atoms with Gasteiger partial charge in [0.25, 0.3) is 0 Å². The highest BCUT2D eigenvalue weighted by atomic mass is 79.9. The molecule has 0 heterocycles. The van der Waals surface area contributed by atoms with Gasteiger partial charge in [-0.3, -0.25) is 4.90 Å². The average Bonchev–Trinajstić information content (AvgIpc) is 2.01. The van der Waals surface area contributed by atoms with Crippen molar-refractivity contribution in [2.24, 2.45) is 5.92 Å². The van der Waals surface area contributed by atoms with Crippen LogP contribution in [0.4, 0.5) is 0 Å². The van der Waals surface area contributed by atoms with E-state index in [0.29, 0.717) is 12.5 Å². The van der Waals surface area contributed by atoms with Crippen LogP contribution in [0.15, 0.2) is 0 Å². The van der Waals surface area contributed by atoms with Crippen molar-refractivity contribution in [1.82, 2.24) is 4.90 Å². The Bertz CT molecular complexity index is 139. The first-order valence-corrected chi connectivity index (χ1v) is 6.31. The molecule has 0 aromatic rings. The normalized spacial score (nSPS) is 20.3. The molecule has 1 saturated carbocycles. The minimum absolute atomic E-state index is 0.297. The van der Waals surface area contributed by atoms with Gasteiger partial charge < -0.3 is 5.11 Å². The molecule has 0 saturated heterocycles. The number of alkyl halides is 1. The van der Waals surface area contributed by atoms with E-state index in [1.807, 2.05) is 0 Å². The van der Waals surface area contributed by atoms with Crippen molar-refractivity contribution in [2.75, 3.05) is 25.0 Å². The van der Waals surface area contributed by atoms with E-state index in [1.165, 1.54) is 19.3 Å². The summed E-state index contributed by atoms with van der Waals surface area (Å²) in [6, 6.07) is 0.758. The molecule has 0 radical (unpaired) electrons. The lowest BCUT2D eigenvalue weighted by atomic mass is 9.91. The molecular formula is C10H20BrNO. The lowest BCUT2D eigenvalue weighted by Gasteiger charge is -2.38. The number of aliphatic hydroxyl groups is 1. The van der Waals surface area contributed by atoms with Gasteiger partial charge in [-0.15, -0.1) is 0 Å². The smallest absolute Gasteiger partial charge is 0.0558 e. The summed E-state index contributed by atoms with van der Waals surface area (Å²) in [7, 11) is 0. The van der Waals surface area contributed by atoms with E-state index in [9.17, 15) is 0 Å². The minimum atomic E-state index is 0.297. The highest BCUT2D eigenvalue weighted by Gasteiger charge is 2.25. The first-order valence-electron chi connectivity index (χ1n) is 5.18. The van der Waals surface area contributed by atoms with Crippen LogP contribution in [0, 0.1) is 5.92 Å². The Morgan fingerprint density at radius 1 is 1.54 bits per heavy atom. The summed E-state index contributed by atoms with van der Waals surface area (Å²) in [4.78, 5) is 2.44. The number of nitrogens with zero attached hydrogens (tertiary/aromatic N) is 1. The summed E-state index contributed by atoms with van der Waals surface area (Å²) in [5.74, 6) is 0.687. The Hall–Kier alpha value is 0.400. The molecule has 1 aliphatic rings. The van der Waals surface area contributed by atoms with Crippen LogP contribution in [-0.2, 0) is 0 Å². The fourth-order valence-corrected chi connectivity index (χ4v) is 1.96. The van der Waals surface area contributed by atoms with Crippen molar-refractivity contribution < 1.29 is 5.11 Å². The second-order valence-corrected chi connectivity index (χ2v) is 4.71. The molecule has 1 fully saturated rings. The van der Waals surface area contributed by atoms with E-state index in [4.69, 9.17) is 5.11 Å². The van der Waals surface area contributed by atoms with Gasteiger partial charge in [0.2, 0.25) is 0 Å². The SMILES string of the molecule is CC(CBr)CN(CCO)C1CCC1. The molecule has 78 valence electrons. The van der Waals surface area contributed by atoms with Crippen molar-refractivity contribution in [1.29, 1.82) is 0 Å². The van der Waals surface area contributed by atoms with Gasteiger partial charge in [-0.25, -0.2) is 0 Å². The highest BCUT2D eigenvalue weighted by Crippen LogP contribution is 2.25. The molecule has 3 heteroatoms. The zero-order valence-corrected chi connectivity index (χ0v) is 9.96. The first-order chi connectivity index (χ1) is 6.27. The Morgan fingerprint density at radius 2 is 2.23 bits per heavy atom. The number of halogens is 1. The van der Waals surface area contributed by atoms with Gasteiger partial charge in [0.1, 0.15) is 0 Å². The van der Waals surface area contributed by atoms with E-state index in [1.54, 1.807) is 0 Å². The van der Waals surface area contributed by atoms with Gasteiger partial charge in [-0.2, -0.15) is 0 Å². The van der Waals surface area contributed by atoms with E-state index in [2.05, 4.69) is 27.8 Å². The van der Waals surface area contributed by atoms with Gasteiger partial charge in [-0.05, 0) is 18.8 Å². The molecule has 1 rings (SSSR count). The molecule has 0 aromatic heterocycles. The molecule has 0 aliphatic heterocycles. The van der Waals surface area contributed by atoms with Crippen molar-refractivity contribution in [2.45, 2.75) is 32.2 Å². The summed E-state index contributed by atoms with van der Waals surface area (Å²) in [6.07, 6.45) is 4.03. The molecule has 0 amide bonds. The third-order valence-electron chi connectivity index (χ3n) is 2.79. The van der Waals surface area contributed by atoms with Gasteiger partial charge in [0, 0.05) is 24.5 Å². The van der Waals surface area contributed by atoms with Gasteiger partial charge >= 0.3 is 0 Å². The molecule has 13 heavy (non-hydrogen) atoms. The number of hydrogen-bond acceptors (Lipinski definition) is 2. The maximum Gasteiger partial charge on any atom is 0.0558 e. The summed E-state index contributed by atoms with van der Waals surface area (Å²) in [5.41, 5.74) is 0. The predicted octanol–water partition coefficient (Wildman–Crippen LogP) is 1.86. The van der Waals surface area contributed by atoms with Crippen LogP contribution in [0.2, 0.25) is 0 Å². The van der Waals surface area contributed by atoms with Crippen LogP contribution in [0.25, 0.3) is 0 Å². The molecule has 1 unspecified atom stereocenters. The lowest BCUT2D eigenvalue weighted by molar-refractivity contribution is 0.0907. The first kappa shape index (κ1) is 11.5. The molecule has 1 atom stereocenters. The Balaban J connectivity index is 2.28. The van der Waals surface area contributed by atoms with Crippen molar-refractivity contribution in [3.63, 3.8) is 0 Å². The monoisotopic (exact) mass is 249 g/mol. The molecule has 1 aliphatic carbocycles. The van der Waals surface area contributed by atoms with E-state index in [-0.39, 0.29) is 0 Å². The number of aliphatic hydroxyl groups excluding tert-OH is 1. The lowest BCUT2D eigenvalue weighted by Crippen LogP contribution is -2.44. The summed E-state index contributed by atoms with van der Waals surface area (Å²) >= 11 is 3.49. The zero-order valence-electron chi connectivity index (χ0n) is 8.38. The largest absolute Gasteiger partial charge is 0.395 e. The summed E-state index contributed by atoms with van der Waals surface area (Å²) < 4.78 is 0. The zero-order chi connectivity index (χ0) is 9.68. The van der Waals surface area contributed by atoms with Gasteiger partial charge in [-0.1, -0.05) is 29.3 Å². The number of hydrogen-bond donors (Lipinski definition) is 1. The van der Waals surface area contributed by atoms with Crippen LogP contribution in [0.1, 0.15) is 26.2 Å². The highest BCUT2D eigenvalue weighted by molar-refractivity contribution is 9.09. The maximum absolute atomic E-state index is 8.94. The van der Waals surface area contributed by atoms with Crippen LogP contribution in [-0.4, -0.2) is 41.1 Å². The fourth-order valence-electron chi connectivity index (χ4n) is 1.75. The van der Waals surface area contributed by atoms with E-state index >= 15 is 0 Å². The topological polar surface area (TPSA) is 23.5 Å². The Labute approximate surface area is 89.4 Å². The number of rotatable bonds is 6. The maximum atomic E-state index is 8.94. The second kappa shape index (κ2) is 5.99. The van der Waals surface area contributed by atoms with E-state index < -0.39 is 0 Å². The van der Waals surface area contributed by atoms with Crippen LogP contribution >= 0.6 is 15.9 Å². The van der Waals surface area contributed by atoms with Crippen LogP contribution in [0.3, 0.4) is 0 Å². The Kier molecular flexibility index (Phi) is 5.29. The Morgan fingerprint density at radius 3 is 2.62 bits per heavy atom. The third-order valence-corrected chi connectivity index (χ3v) is 3.89. The van der Waals surface area contributed by atoms with Crippen molar-refractivity contribution in [3.8, 4) is 0 Å². The molecule has 1 N–H and O–H groups in total. The second-order valence-electron chi connectivity index (χ2n) is 4.06. The molecule has 0 spiro atoms. The van der Waals surface area contributed by atoms with Crippen molar-refractivity contribution in [3.05, 3.63) is 0 Å². The molecule has 0 bridgehead atoms. The molecule has 2 nitrogen and oxygen atoms in total. The van der Waals surface area contributed by atoms with Crippen LogP contribution in [0.5, 0.6) is 0 Å². The fraction of sp³-hybridized carbons (Fsp3) is 1.00. The van der Waals surface area contributed by atoms with Crippen molar-refractivity contribution >= 4 is 15.9 Å². The third kappa shape index (κ3) is 3.56.